The van der Waals surface area contributed by atoms with Gasteiger partial charge in [0.05, 0.1) is 24.5 Å². The predicted octanol–water partition coefficient (Wildman–Crippen LogP) is 2.44. The highest BCUT2D eigenvalue weighted by molar-refractivity contribution is 6.33. The van der Waals surface area contributed by atoms with Crippen LogP contribution in [0, 0.1) is 0 Å². The summed E-state index contributed by atoms with van der Waals surface area (Å²) in [6, 6.07) is 6.84. The molecule has 1 N–H and O–H groups in total. The van der Waals surface area contributed by atoms with Crippen molar-refractivity contribution in [2.24, 2.45) is 0 Å². The summed E-state index contributed by atoms with van der Waals surface area (Å²) in [5, 5.41) is 7.24. The highest BCUT2D eigenvalue weighted by Crippen LogP contribution is 2.23. The quantitative estimate of drug-likeness (QED) is 0.707. The number of piperazine rings is 1. The molecule has 1 saturated heterocycles. The first kappa shape index (κ1) is 22.0. The van der Waals surface area contributed by atoms with E-state index >= 15 is 0 Å². The molecule has 0 saturated carbocycles. The van der Waals surface area contributed by atoms with Gasteiger partial charge >= 0.3 is 0 Å². The number of carbonyl (C=O) groups excluding carboxylic acids is 2. The van der Waals surface area contributed by atoms with Gasteiger partial charge in [-0.05, 0) is 32.9 Å². The number of anilines is 2. The minimum Gasteiger partial charge on any atom is -0.366 e. The number of halogens is 1. The maximum atomic E-state index is 12.4. The van der Waals surface area contributed by atoms with Gasteiger partial charge < -0.3 is 10.2 Å². The first-order chi connectivity index (χ1) is 14.3. The Labute approximate surface area is 180 Å². The second kappa shape index (κ2) is 9.40. The number of benzene rings is 1. The van der Waals surface area contributed by atoms with Crippen molar-refractivity contribution in [3.05, 3.63) is 51.4 Å². The second-order valence-electron chi connectivity index (χ2n) is 7.64. The Morgan fingerprint density at radius 2 is 1.90 bits per heavy atom. The number of aromatic nitrogens is 2. The number of hydrogen-bond donors (Lipinski definition) is 1. The molecule has 8 nitrogen and oxygen atoms in total. The summed E-state index contributed by atoms with van der Waals surface area (Å²) in [4.78, 5) is 40.3. The Morgan fingerprint density at radius 1 is 1.20 bits per heavy atom. The van der Waals surface area contributed by atoms with Crippen molar-refractivity contribution in [2.75, 3.05) is 42.9 Å². The molecular weight excluding hydrogens is 406 g/mol. The Hall–Kier alpha value is -2.71. The highest BCUT2D eigenvalue weighted by atomic mass is 35.5. The Kier molecular flexibility index (Phi) is 6.89. The Morgan fingerprint density at radius 3 is 2.53 bits per heavy atom. The second-order valence-corrected chi connectivity index (χ2v) is 8.01. The molecule has 0 spiro atoms. The summed E-state index contributed by atoms with van der Waals surface area (Å²) in [6.45, 7) is 8.09. The molecule has 1 fully saturated rings. The standard InChI is InChI=1S/C21H26ClN5O3/c1-14(2)27-21(30)20(22)18(12-23-27)26-9-7-25(8-10-26)13-19(29)24-17-6-4-5-16(11-17)15(3)28/h4-6,11-12,14H,7-10,13H2,1-3H3,(H,24,29). The fraction of sp³-hybridized carbons (Fsp3) is 0.429. The van der Waals surface area contributed by atoms with E-state index in [1.165, 1.54) is 11.6 Å². The summed E-state index contributed by atoms with van der Waals surface area (Å²) in [5.41, 5.74) is 1.50. The van der Waals surface area contributed by atoms with Gasteiger partial charge in [0.1, 0.15) is 5.02 Å². The summed E-state index contributed by atoms with van der Waals surface area (Å²) in [6.07, 6.45) is 1.63. The van der Waals surface area contributed by atoms with Gasteiger partial charge in [-0.25, -0.2) is 4.68 Å². The normalized spacial score (nSPS) is 14.8. The van der Waals surface area contributed by atoms with Crippen LogP contribution in [0.15, 0.2) is 35.3 Å². The molecule has 0 radical (unpaired) electrons. The van der Waals surface area contributed by atoms with E-state index in [-0.39, 0.29) is 34.9 Å². The molecule has 1 aliphatic heterocycles. The van der Waals surface area contributed by atoms with Crippen LogP contribution in [0.1, 0.15) is 37.2 Å². The van der Waals surface area contributed by atoms with Crippen LogP contribution in [0.5, 0.6) is 0 Å². The number of Topliss-reactive ketones (excluding diaryl/α,β-unsaturated/α-hetero) is 1. The smallest absolute Gasteiger partial charge is 0.287 e. The molecule has 1 aromatic heterocycles. The van der Waals surface area contributed by atoms with Gasteiger partial charge in [0.2, 0.25) is 5.91 Å². The number of nitrogens with zero attached hydrogens (tertiary/aromatic N) is 4. The lowest BCUT2D eigenvalue weighted by Crippen LogP contribution is -2.49. The van der Waals surface area contributed by atoms with Crippen molar-refractivity contribution in [1.29, 1.82) is 0 Å². The first-order valence-corrected chi connectivity index (χ1v) is 10.3. The number of ketones is 1. The molecule has 30 heavy (non-hydrogen) atoms. The summed E-state index contributed by atoms with van der Waals surface area (Å²) in [5.74, 6) is -0.181. The first-order valence-electron chi connectivity index (χ1n) is 9.91. The molecule has 0 atom stereocenters. The summed E-state index contributed by atoms with van der Waals surface area (Å²) >= 11 is 6.31. The van der Waals surface area contributed by atoms with Gasteiger partial charge in [0.15, 0.2) is 5.78 Å². The summed E-state index contributed by atoms with van der Waals surface area (Å²) in [7, 11) is 0. The highest BCUT2D eigenvalue weighted by Gasteiger charge is 2.23. The fourth-order valence-corrected chi connectivity index (χ4v) is 3.65. The van der Waals surface area contributed by atoms with Gasteiger partial charge in [0.25, 0.3) is 5.56 Å². The molecule has 3 rings (SSSR count). The molecule has 1 amide bonds. The van der Waals surface area contributed by atoms with E-state index in [0.717, 1.165) is 0 Å². The van der Waals surface area contributed by atoms with Crippen molar-refractivity contribution in [3.8, 4) is 0 Å². The van der Waals surface area contributed by atoms with E-state index in [2.05, 4.69) is 10.4 Å². The number of rotatable bonds is 6. The van der Waals surface area contributed by atoms with Gasteiger partial charge in [-0.1, -0.05) is 23.7 Å². The van der Waals surface area contributed by atoms with Crippen molar-refractivity contribution >= 4 is 34.7 Å². The van der Waals surface area contributed by atoms with E-state index in [1.807, 2.05) is 23.6 Å². The van der Waals surface area contributed by atoms with Crippen molar-refractivity contribution in [3.63, 3.8) is 0 Å². The third kappa shape index (κ3) is 5.06. The van der Waals surface area contributed by atoms with Crippen molar-refractivity contribution < 1.29 is 9.59 Å². The number of amides is 1. The Bertz CT molecular complexity index is 996. The SMILES string of the molecule is CC(=O)c1cccc(NC(=O)CN2CCN(c3cnn(C(C)C)c(=O)c3Cl)CC2)c1. The minimum absolute atomic E-state index is 0.0450. The van der Waals surface area contributed by atoms with Crippen LogP contribution >= 0.6 is 11.6 Å². The zero-order valence-electron chi connectivity index (χ0n) is 17.4. The summed E-state index contributed by atoms with van der Waals surface area (Å²) < 4.78 is 1.37. The van der Waals surface area contributed by atoms with E-state index < -0.39 is 0 Å². The fourth-order valence-electron chi connectivity index (χ4n) is 3.39. The molecule has 1 aromatic carbocycles. The molecule has 2 aromatic rings. The van der Waals surface area contributed by atoms with Crippen LogP contribution in [-0.4, -0.2) is 59.1 Å². The van der Waals surface area contributed by atoms with E-state index in [4.69, 9.17) is 11.6 Å². The van der Waals surface area contributed by atoms with E-state index in [1.54, 1.807) is 30.5 Å². The Balaban J connectivity index is 1.56. The minimum atomic E-state index is -0.293. The molecule has 160 valence electrons. The van der Waals surface area contributed by atoms with Crippen molar-refractivity contribution in [1.82, 2.24) is 14.7 Å². The molecule has 0 bridgehead atoms. The van der Waals surface area contributed by atoms with Gasteiger partial charge in [-0.3, -0.25) is 19.3 Å². The van der Waals surface area contributed by atoms with Crippen LogP contribution in [0.2, 0.25) is 5.02 Å². The van der Waals surface area contributed by atoms with Crippen LogP contribution in [-0.2, 0) is 4.79 Å². The van der Waals surface area contributed by atoms with Crippen LogP contribution in [0.25, 0.3) is 0 Å². The van der Waals surface area contributed by atoms with Gasteiger partial charge in [0, 0.05) is 37.4 Å². The third-order valence-electron chi connectivity index (χ3n) is 5.05. The number of hydrogen-bond acceptors (Lipinski definition) is 6. The number of nitrogens with one attached hydrogen (secondary N) is 1. The lowest BCUT2D eigenvalue weighted by atomic mass is 10.1. The van der Waals surface area contributed by atoms with Crippen molar-refractivity contribution in [2.45, 2.75) is 26.8 Å². The zero-order valence-corrected chi connectivity index (χ0v) is 18.1. The lowest BCUT2D eigenvalue weighted by molar-refractivity contribution is -0.117. The molecule has 9 heteroatoms. The average molecular weight is 432 g/mol. The molecule has 0 unspecified atom stereocenters. The monoisotopic (exact) mass is 431 g/mol. The predicted molar refractivity (Wildman–Crippen MR) is 118 cm³/mol. The van der Waals surface area contributed by atoms with Crippen LogP contribution in [0.4, 0.5) is 11.4 Å². The van der Waals surface area contributed by atoms with Gasteiger partial charge in [-0.2, -0.15) is 5.10 Å². The van der Waals surface area contributed by atoms with E-state index in [0.29, 0.717) is 43.1 Å². The lowest BCUT2D eigenvalue weighted by Gasteiger charge is -2.35. The topological polar surface area (TPSA) is 87.5 Å². The third-order valence-corrected chi connectivity index (χ3v) is 5.40. The van der Waals surface area contributed by atoms with E-state index in [9.17, 15) is 14.4 Å². The van der Waals surface area contributed by atoms with Crippen LogP contribution in [0.3, 0.4) is 0 Å². The largest absolute Gasteiger partial charge is 0.366 e. The maximum absolute atomic E-state index is 12.4. The zero-order chi connectivity index (χ0) is 21.8. The average Bonchev–Trinajstić information content (AvgIpc) is 2.70. The molecule has 0 aliphatic carbocycles. The van der Waals surface area contributed by atoms with Crippen LogP contribution < -0.4 is 15.8 Å². The molecule has 1 aliphatic rings. The number of carbonyl (C=O) groups is 2. The maximum Gasteiger partial charge on any atom is 0.287 e. The molecule has 2 heterocycles. The van der Waals surface area contributed by atoms with Gasteiger partial charge in [-0.15, -0.1) is 0 Å². The molecular formula is C21H26ClN5O3.